The van der Waals surface area contributed by atoms with E-state index in [1.807, 2.05) is 0 Å². The van der Waals surface area contributed by atoms with Gasteiger partial charge in [0, 0.05) is 0 Å². The summed E-state index contributed by atoms with van der Waals surface area (Å²) >= 11 is -4.97. The fraction of sp³-hybridized carbons (Fsp3) is 0.267. The number of carbonyl (C=O) groups is 3. The molecule has 8 heteroatoms. The molecule has 0 spiro atoms. The molecule has 1 aromatic carbocycles. The number of carbonyl (C=O) groups excluding carboxylic acids is 3. The van der Waals surface area contributed by atoms with Crippen LogP contribution < -0.4 is 4.74 Å². The Labute approximate surface area is 140 Å². The first-order chi connectivity index (χ1) is 10.8. The molecule has 0 saturated heterocycles. The predicted molar refractivity (Wildman–Crippen MR) is 83.1 cm³/mol. The molecule has 0 aromatic heterocycles. The summed E-state index contributed by atoms with van der Waals surface area (Å²) in [6.07, 6.45) is 1.58. The van der Waals surface area contributed by atoms with Crippen molar-refractivity contribution in [2.75, 3.05) is 7.11 Å². The van der Waals surface area contributed by atoms with E-state index in [2.05, 4.69) is 0 Å². The third kappa shape index (κ3) is 6.80. The Kier molecular flexibility index (Phi) is 7.20. The molecule has 23 heavy (non-hydrogen) atoms. The molecule has 124 valence electrons. The fourth-order valence-electron chi connectivity index (χ4n) is 1.68. The van der Waals surface area contributed by atoms with Gasteiger partial charge in [0.2, 0.25) is 0 Å². The van der Waals surface area contributed by atoms with Crippen LogP contribution in [0.1, 0.15) is 26.3 Å². The van der Waals surface area contributed by atoms with Gasteiger partial charge in [-0.15, -0.1) is 0 Å². The summed E-state index contributed by atoms with van der Waals surface area (Å²) in [5.41, 5.74) is 0.738. The number of methoxy groups -OCH3 is 1. The molecule has 1 aromatic rings. The third-order valence-electron chi connectivity index (χ3n) is 2.45. The second kappa shape index (κ2) is 8.65. The van der Waals surface area contributed by atoms with E-state index >= 15 is 0 Å². The van der Waals surface area contributed by atoms with E-state index < -0.39 is 40.4 Å². The molecule has 0 aliphatic heterocycles. The number of benzene rings is 1. The van der Waals surface area contributed by atoms with Crippen molar-refractivity contribution in [3.8, 4) is 5.75 Å². The zero-order chi connectivity index (χ0) is 17.5. The van der Waals surface area contributed by atoms with Crippen LogP contribution >= 0.6 is 0 Å². The normalized spacial score (nSPS) is 11.0. The van der Waals surface area contributed by atoms with E-state index in [1.54, 1.807) is 37.5 Å². The summed E-state index contributed by atoms with van der Waals surface area (Å²) in [6.45, 7) is 3.47. The third-order valence-corrected chi connectivity index (χ3v) is 11.4. The van der Waals surface area contributed by atoms with Crippen LogP contribution in [-0.4, -0.2) is 47.5 Å². The van der Waals surface area contributed by atoms with E-state index in [9.17, 15) is 14.4 Å². The van der Waals surface area contributed by atoms with Gasteiger partial charge in [-0.3, -0.25) is 0 Å². The standard InChI is InChI=1S/C9H9O.3C2H4O2.Pb/c1-3-8-4-6-9(10-2)7-5-8;3*1-2(3)4;/h1,3-7H,2H3;3*1H3,(H,3,4);/q;;;;+3/p-3. The van der Waals surface area contributed by atoms with E-state index in [-0.39, 0.29) is 0 Å². The van der Waals surface area contributed by atoms with Gasteiger partial charge in [-0.05, 0) is 0 Å². The molecular weight excluding hydrogens is 499 g/mol. The summed E-state index contributed by atoms with van der Waals surface area (Å²) < 4.78 is 21.8. The van der Waals surface area contributed by atoms with E-state index in [0.717, 1.165) is 26.3 Å². The van der Waals surface area contributed by atoms with Gasteiger partial charge in [0.15, 0.2) is 0 Å². The average molecular weight is 518 g/mol. The van der Waals surface area contributed by atoms with Gasteiger partial charge in [0.05, 0.1) is 0 Å². The van der Waals surface area contributed by atoms with Crippen molar-refractivity contribution in [2.24, 2.45) is 0 Å². The van der Waals surface area contributed by atoms with E-state index in [0.29, 0.717) is 5.75 Å². The first-order valence-electron chi connectivity index (χ1n) is 6.68. The Morgan fingerprint density at radius 2 is 1.30 bits per heavy atom. The van der Waals surface area contributed by atoms with Gasteiger partial charge in [0.25, 0.3) is 0 Å². The van der Waals surface area contributed by atoms with Crippen molar-refractivity contribution in [2.45, 2.75) is 20.8 Å². The molecule has 0 radical (unpaired) electrons. The molecule has 0 amide bonds. The van der Waals surface area contributed by atoms with Crippen molar-refractivity contribution in [1.82, 2.24) is 0 Å². The van der Waals surface area contributed by atoms with Crippen molar-refractivity contribution in [3.63, 3.8) is 0 Å². The Bertz CT molecular complexity index is 566. The van der Waals surface area contributed by atoms with Crippen molar-refractivity contribution in [3.05, 3.63) is 33.5 Å². The molecule has 1 rings (SSSR count). The van der Waals surface area contributed by atoms with Gasteiger partial charge in [-0.2, -0.15) is 0 Å². The second-order valence-corrected chi connectivity index (χ2v) is 12.9. The Hall–Kier alpha value is -1.91. The number of hydrogen-bond acceptors (Lipinski definition) is 7. The molecule has 7 nitrogen and oxygen atoms in total. The van der Waals surface area contributed by atoms with Gasteiger partial charge in [-0.1, -0.05) is 0 Å². The quantitative estimate of drug-likeness (QED) is 0.533. The zero-order valence-electron chi connectivity index (χ0n) is 13.3. The van der Waals surface area contributed by atoms with Crippen LogP contribution in [0.4, 0.5) is 0 Å². The molecule has 0 aliphatic carbocycles. The zero-order valence-corrected chi connectivity index (χ0v) is 17.2. The SMILES string of the molecule is COc1ccc(/C=[CH]/[Pb]([O]C(C)=O)([O]C(C)=O)[O]C(C)=O)cc1. The van der Waals surface area contributed by atoms with Gasteiger partial charge < -0.3 is 0 Å². The predicted octanol–water partition coefficient (Wildman–Crippen LogP) is 1.88. The minimum absolute atomic E-state index is 0.679. The first kappa shape index (κ1) is 19.1. The maximum atomic E-state index is 11.3. The average Bonchev–Trinajstić information content (AvgIpc) is 2.43. The summed E-state index contributed by atoms with van der Waals surface area (Å²) in [5.74, 6) is -1.38. The van der Waals surface area contributed by atoms with Crippen molar-refractivity contribution < 1.29 is 27.2 Å². The Balaban J connectivity index is 3.13. The van der Waals surface area contributed by atoms with Crippen molar-refractivity contribution >= 4 is 46.5 Å². The van der Waals surface area contributed by atoms with Crippen LogP contribution in [0, 0.1) is 0 Å². The van der Waals surface area contributed by atoms with Crippen LogP contribution in [0.15, 0.2) is 27.9 Å². The molecule has 0 atom stereocenters. The molecule has 0 aliphatic rings. The van der Waals surface area contributed by atoms with Crippen LogP contribution in [0.2, 0.25) is 0 Å². The molecular formula is C15H18O7Pb. The van der Waals surface area contributed by atoms with E-state index in [1.165, 1.54) is 3.64 Å². The number of ether oxygens (including phenoxy) is 1. The topological polar surface area (TPSA) is 88.1 Å². The molecule has 0 unspecified atom stereocenters. The Morgan fingerprint density at radius 1 is 0.870 bits per heavy atom. The van der Waals surface area contributed by atoms with Crippen LogP contribution in [0.25, 0.3) is 6.08 Å². The monoisotopic (exact) mass is 518 g/mol. The van der Waals surface area contributed by atoms with Crippen LogP contribution in [-0.2, 0) is 22.4 Å². The minimum atomic E-state index is -4.97. The van der Waals surface area contributed by atoms with E-state index in [4.69, 9.17) is 12.8 Å². The summed E-state index contributed by atoms with van der Waals surface area (Å²) in [4.78, 5) is 34.0. The Morgan fingerprint density at radius 3 is 1.65 bits per heavy atom. The van der Waals surface area contributed by atoms with Crippen molar-refractivity contribution in [1.29, 1.82) is 0 Å². The summed E-state index contributed by atoms with van der Waals surface area (Å²) in [5, 5.41) is 0. The van der Waals surface area contributed by atoms with Gasteiger partial charge in [-0.25, -0.2) is 0 Å². The van der Waals surface area contributed by atoms with Gasteiger partial charge in [0.1, 0.15) is 0 Å². The number of hydrogen-bond donors (Lipinski definition) is 0. The maximum absolute atomic E-state index is 11.3. The summed E-state index contributed by atoms with van der Waals surface area (Å²) in [7, 11) is 1.55. The van der Waals surface area contributed by atoms with Gasteiger partial charge >= 0.3 is 141 Å². The first-order valence-corrected chi connectivity index (χ1v) is 13.7. The summed E-state index contributed by atoms with van der Waals surface area (Å²) in [6, 6.07) is 6.98. The molecule has 0 bridgehead atoms. The van der Waals surface area contributed by atoms with Crippen LogP contribution in [0.5, 0.6) is 5.75 Å². The van der Waals surface area contributed by atoms with Crippen LogP contribution in [0.3, 0.4) is 0 Å². The molecule has 0 fully saturated rings. The fourth-order valence-corrected chi connectivity index (χ4v) is 9.17. The number of rotatable bonds is 6. The molecule has 0 saturated carbocycles. The second-order valence-electron chi connectivity index (χ2n) is 4.49. The molecule has 0 heterocycles. The molecule has 0 N–H and O–H groups in total.